The van der Waals surface area contributed by atoms with Crippen LogP contribution in [0.4, 0.5) is 11.4 Å². The number of carbonyl (C=O) groups excluding carboxylic acids is 2. The molecule has 0 spiro atoms. The lowest BCUT2D eigenvalue weighted by atomic mass is 10.2. The fourth-order valence-electron chi connectivity index (χ4n) is 3.63. The normalized spacial score (nSPS) is 14.5. The topological polar surface area (TPSA) is 109 Å². The second-order valence-electron chi connectivity index (χ2n) is 7.35. The van der Waals surface area contributed by atoms with Crippen molar-refractivity contribution in [2.45, 2.75) is 6.42 Å². The van der Waals surface area contributed by atoms with Crippen LogP contribution in [0.2, 0.25) is 0 Å². The molecule has 1 saturated heterocycles. The van der Waals surface area contributed by atoms with E-state index in [2.05, 4.69) is 10.2 Å². The number of piperazine rings is 1. The molecule has 1 fully saturated rings. The number of anilines is 1. The van der Waals surface area contributed by atoms with Gasteiger partial charge in [0.05, 0.1) is 4.92 Å². The van der Waals surface area contributed by atoms with Crippen molar-refractivity contribution in [3.05, 3.63) is 70.5 Å². The summed E-state index contributed by atoms with van der Waals surface area (Å²) < 4.78 is 5.67. The van der Waals surface area contributed by atoms with Crippen LogP contribution in [0, 0.1) is 10.1 Å². The highest BCUT2D eigenvalue weighted by Gasteiger charge is 2.25. The average molecular weight is 422 g/mol. The van der Waals surface area contributed by atoms with Crippen molar-refractivity contribution in [2.75, 3.05) is 38.0 Å². The first-order valence-electron chi connectivity index (χ1n) is 10.0. The number of hydrogen-bond donors (Lipinski definition) is 1. The van der Waals surface area contributed by atoms with Crippen LogP contribution < -0.4 is 5.32 Å². The summed E-state index contributed by atoms with van der Waals surface area (Å²) in [5.41, 5.74) is 0.751. The van der Waals surface area contributed by atoms with Crippen molar-refractivity contribution >= 4 is 34.2 Å². The minimum absolute atomic E-state index is 0.131. The number of furan rings is 1. The van der Waals surface area contributed by atoms with Crippen LogP contribution in [0.15, 0.2) is 59.0 Å². The molecule has 1 aromatic heterocycles. The third kappa shape index (κ3) is 4.72. The zero-order valence-electron chi connectivity index (χ0n) is 16.8. The Morgan fingerprint density at radius 3 is 2.48 bits per heavy atom. The molecule has 2 amide bonds. The monoisotopic (exact) mass is 422 g/mol. The van der Waals surface area contributed by atoms with Gasteiger partial charge >= 0.3 is 0 Å². The lowest BCUT2D eigenvalue weighted by Crippen LogP contribution is -2.49. The molecule has 0 aliphatic carbocycles. The summed E-state index contributed by atoms with van der Waals surface area (Å²) in [5, 5.41) is 14.6. The molecule has 1 aliphatic rings. The molecule has 0 unspecified atom stereocenters. The van der Waals surface area contributed by atoms with Crippen LogP contribution in [0.3, 0.4) is 0 Å². The van der Waals surface area contributed by atoms with Crippen LogP contribution in [0.25, 0.3) is 11.0 Å². The molecule has 1 aliphatic heterocycles. The summed E-state index contributed by atoms with van der Waals surface area (Å²) >= 11 is 0. The van der Waals surface area contributed by atoms with Crippen molar-refractivity contribution in [1.29, 1.82) is 0 Å². The van der Waals surface area contributed by atoms with Gasteiger partial charge in [0.1, 0.15) is 11.3 Å². The van der Waals surface area contributed by atoms with Gasteiger partial charge in [-0.3, -0.25) is 24.6 Å². The predicted molar refractivity (Wildman–Crippen MR) is 115 cm³/mol. The molecule has 3 aromatic rings. The highest BCUT2D eigenvalue weighted by molar-refractivity contribution is 5.96. The number of nitro benzene ring substituents is 1. The Kier molecular flexibility index (Phi) is 5.94. The van der Waals surface area contributed by atoms with Crippen molar-refractivity contribution in [3.8, 4) is 0 Å². The zero-order chi connectivity index (χ0) is 21.8. The first kappa shape index (κ1) is 20.5. The second kappa shape index (κ2) is 8.97. The Balaban J connectivity index is 1.26. The summed E-state index contributed by atoms with van der Waals surface area (Å²) in [7, 11) is 0. The third-order valence-corrected chi connectivity index (χ3v) is 5.33. The van der Waals surface area contributed by atoms with Gasteiger partial charge in [0.15, 0.2) is 5.76 Å². The van der Waals surface area contributed by atoms with Gasteiger partial charge in [0.25, 0.3) is 11.6 Å². The number of fused-ring (bicyclic) bond motifs is 1. The Labute approximate surface area is 178 Å². The summed E-state index contributed by atoms with van der Waals surface area (Å²) in [6.45, 7) is 2.89. The van der Waals surface area contributed by atoms with Crippen molar-refractivity contribution in [3.63, 3.8) is 0 Å². The van der Waals surface area contributed by atoms with E-state index in [-0.39, 0.29) is 29.6 Å². The average Bonchev–Trinajstić information content (AvgIpc) is 3.22. The van der Waals surface area contributed by atoms with Crippen LogP contribution in [-0.4, -0.2) is 59.3 Å². The summed E-state index contributed by atoms with van der Waals surface area (Å²) in [6, 6.07) is 15.3. The Bertz CT molecular complexity index is 1080. The van der Waals surface area contributed by atoms with E-state index in [0.29, 0.717) is 44.1 Å². The maximum absolute atomic E-state index is 12.7. The SMILES string of the molecule is O=C(CCN1CCN(C(=O)c2cc3ccccc3o2)CC1)Nc1ccccc1[N+](=O)[O-]. The van der Waals surface area contributed by atoms with E-state index in [1.54, 1.807) is 23.1 Å². The first-order valence-corrected chi connectivity index (χ1v) is 10.0. The third-order valence-electron chi connectivity index (χ3n) is 5.33. The highest BCUT2D eigenvalue weighted by Crippen LogP contribution is 2.23. The number of nitrogens with zero attached hydrogens (tertiary/aromatic N) is 3. The molecular formula is C22H22N4O5. The molecule has 0 bridgehead atoms. The largest absolute Gasteiger partial charge is 0.451 e. The minimum atomic E-state index is -0.520. The fourth-order valence-corrected chi connectivity index (χ4v) is 3.63. The lowest BCUT2D eigenvalue weighted by Gasteiger charge is -2.34. The highest BCUT2D eigenvalue weighted by atomic mass is 16.6. The van der Waals surface area contributed by atoms with Gasteiger partial charge in [-0.05, 0) is 18.2 Å². The van der Waals surface area contributed by atoms with Gasteiger partial charge in [-0.2, -0.15) is 0 Å². The molecular weight excluding hydrogens is 400 g/mol. The van der Waals surface area contributed by atoms with Gasteiger partial charge in [0.2, 0.25) is 5.91 Å². The van der Waals surface area contributed by atoms with E-state index in [1.807, 2.05) is 24.3 Å². The van der Waals surface area contributed by atoms with E-state index >= 15 is 0 Å². The Morgan fingerprint density at radius 2 is 1.74 bits per heavy atom. The van der Waals surface area contributed by atoms with Gasteiger partial charge in [-0.25, -0.2) is 0 Å². The zero-order valence-corrected chi connectivity index (χ0v) is 16.8. The summed E-state index contributed by atoms with van der Waals surface area (Å²) in [4.78, 5) is 39.3. The maximum Gasteiger partial charge on any atom is 0.292 e. The quantitative estimate of drug-likeness (QED) is 0.483. The smallest absolute Gasteiger partial charge is 0.292 e. The van der Waals surface area contributed by atoms with Crippen LogP contribution in [-0.2, 0) is 4.79 Å². The van der Waals surface area contributed by atoms with E-state index in [1.165, 1.54) is 12.1 Å². The van der Waals surface area contributed by atoms with E-state index in [0.717, 1.165) is 5.39 Å². The molecule has 0 atom stereocenters. The molecule has 31 heavy (non-hydrogen) atoms. The number of nitrogens with one attached hydrogen (secondary N) is 1. The molecule has 160 valence electrons. The van der Waals surface area contributed by atoms with E-state index < -0.39 is 4.92 Å². The number of para-hydroxylation sites is 3. The van der Waals surface area contributed by atoms with Crippen molar-refractivity contribution in [2.24, 2.45) is 0 Å². The summed E-state index contributed by atoms with van der Waals surface area (Å²) in [5.74, 6) is -0.0847. The molecule has 0 radical (unpaired) electrons. The maximum atomic E-state index is 12.7. The number of nitro groups is 1. The van der Waals surface area contributed by atoms with Gasteiger partial charge in [-0.1, -0.05) is 30.3 Å². The van der Waals surface area contributed by atoms with E-state index in [4.69, 9.17) is 4.42 Å². The molecule has 2 heterocycles. The Morgan fingerprint density at radius 1 is 1.03 bits per heavy atom. The molecule has 0 saturated carbocycles. The minimum Gasteiger partial charge on any atom is -0.451 e. The van der Waals surface area contributed by atoms with Crippen LogP contribution >= 0.6 is 0 Å². The number of rotatable bonds is 6. The predicted octanol–water partition coefficient (Wildman–Crippen LogP) is 3.13. The van der Waals surface area contributed by atoms with Crippen LogP contribution in [0.5, 0.6) is 0 Å². The molecule has 4 rings (SSSR count). The van der Waals surface area contributed by atoms with Crippen molar-refractivity contribution < 1.29 is 18.9 Å². The van der Waals surface area contributed by atoms with Gasteiger partial charge in [0, 0.05) is 50.6 Å². The van der Waals surface area contributed by atoms with Crippen molar-refractivity contribution in [1.82, 2.24) is 9.80 Å². The number of amides is 2. The van der Waals surface area contributed by atoms with Crippen LogP contribution in [0.1, 0.15) is 17.0 Å². The van der Waals surface area contributed by atoms with Gasteiger partial charge in [-0.15, -0.1) is 0 Å². The van der Waals surface area contributed by atoms with Gasteiger partial charge < -0.3 is 14.6 Å². The first-order chi connectivity index (χ1) is 15.0. The Hall–Kier alpha value is -3.72. The molecule has 1 N–H and O–H groups in total. The molecule has 2 aromatic carbocycles. The fraction of sp³-hybridized carbons (Fsp3) is 0.273. The number of carbonyl (C=O) groups is 2. The number of hydrogen-bond acceptors (Lipinski definition) is 6. The molecule has 9 nitrogen and oxygen atoms in total. The standard InChI is InChI=1S/C22H22N4O5/c27-21(23-17-6-2-3-7-18(17)26(29)30)9-10-24-11-13-25(14-12-24)22(28)20-15-16-5-1-4-8-19(16)31-20/h1-8,15H,9-14H2,(H,23,27). The number of benzene rings is 2. The van der Waals surface area contributed by atoms with E-state index in [9.17, 15) is 19.7 Å². The molecule has 9 heteroatoms. The summed E-state index contributed by atoms with van der Waals surface area (Å²) in [6.07, 6.45) is 0.212. The lowest BCUT2D eigenvalue weighted by molar-refractivity contribution is -0.383. The second-order valence-corrected chi connectivity index (χ2v) is 7.35.